The van der Waals surface area contributed by atoms with E-state index in [9.17, 15) is 66.1 Å². The molecule has 4 heterocycles. The van der Waals surface area contributed by atoms with Gasteiger partial charge in [-0.15, -0.1) is 0 Å². The van der Waals surface area contributed by atoms with E-state index in [1.165, 1.54) is 12.5 Å². The van der Waals surface area contributed by atoms with Gasteiger partial charge < -0.3 is 99.2 Å². The molecule has 0 amide bonds. The van der Waals surface area contributed by atoms with Crippen LogP contribution in [0.25, 0.3) is 0 Å². The average molecular weight is 1060 g/mol. The van der Waals surface area contributed by atoms with Crippen LogP contribution in [0.3, 0.4) is 0 Å². The molecule has 0 spiro atoms. The van der Waals surface area contributed by atoms with Crippen LogP contribution < -0.4 is 0 Å². The Morgan fingerprint density at radius 3 is 1.81 bits per heavy atom. The van der Waals surface area contributed by atoms with E-state index in [0.717, 1.165) is 44.9 Å². The summed E-state index contributed by atoms with van der Waals surface area (Å²) >= 11 is 0. The minimum atomic E-state index is -1.83. The van der Waals surface area contributed by atoms with Gasteiger partial charge in [-0.25, -0.2) is 0 Å². The summed E-state index contributed by atoms with van der Waals surface area (Å²) in [5, 5.41) is 128. The van der Waals surface area contributed by atoms with Crippen molar-refractivity contribution in [1.82, 2.24) is 0 Å². The van der Waals surface area contributed by atoms with Gasteiger partial charge in [0.05, 0.1) is 37.4 Å². The second-order valence-corrected chi connectivity index (χ2v) is 25.8. The van der Waals surface area contributed by atoms with Crippen LogP contribution >= 0.6 is 0 Å². The summed E-state index contributed by atoms with van der Waals surface area (Å²) in [6.07, 6.45) is -20.0. The number of fused-ring (bicyclic) bond motifs is 7. The van der Waals surface area contributed by atoms with E-state index in [0.29, 0.717) is 19.3 Å². The SMILES string of the molecule is C[C@@H]1O[C@@H](O[C@H]2[C@H](OC3CC[C@@]4(C)C(CC[C@]5(C)C4CC=C4C6CC(C)(C)CC[C@]6(C(=O)O[C@@H]6O[C@H](CO)[C@@H](O)[C@H](O)[C@H]6O)CC[C@]45C)C3(C)C)OC[C@H](O)[C@@H]2O[C@@H]2O[C@H](CO)[C@@H](O)[C@H](O)[C@H]2O)[C@H](O)[C@H](O)[C@@H]1O. The molecule has 5 aliphatic carbocycles. The molecule has 0 aromatic rings. The van der Waals surface area contributed by atoms with Crippen LogP contribution in [0.1, 0.15) is 120 Å². The third kappa shape index (κ3) is 9.17. The molecule has 4 unspecified atom stereocenters. The molecule has 0 bridgehead atoms. The Labute approximate surface area is 433 Å². The highest BCUT2D eigenvalue weighted by Crippen LogP contribution is 2.76. The third-order valence-electron chi connectivity index (χ3n) is 21.0. The minimum absolute atomic E-state index is 0.0812. The maximum Gasteiger partial charge on any atom is 0.315 e. The first-order valence-corrected chi connectivity index (χ1v) is 27.1. The molecule has 4 saturated heterocycles. The first kappa shape index (κ1) is 57.1. The highest BCUT2D eigenvalue weighted by Gasteiger charge is 2.70. The minimum Gasteiger partial charge on any atom is -0.432 e. The maximum absolute atomic E-state index is 14.8. The summed E-state index contributed by atoms with van der Waals surface area (Å²) in [6, 6.07) is 0. The van der Waals surface area contributed by atoms with Crippen molar-refractivity contribution in [3.8, 4) is 0 Å². The van der Waals surface area contributed by atoms with Crippen LogP contribution in [0.15, 0.2) is 11.6 Å². The van der Waals surface area contributed by atoms with Gasteiger partial charge in [0.25, 0.3) is 0 Å². The van der Waals surface area contributed by atoms with Gasteiger partial charge in [0.1, 0.15) is 85.5 Å². The van der Waals surface area contributed by atoms with Gasteiger partial charge in [-0.2, -0.15) is 0 Å². The molecular weight excluding hydrogens is 973 g/mol. The Bertz CT molecular complexity index is 2040. The number of carbonyl (C=O) groups excluding carboxylic acids is 1. The Balaban J connectivity index is 0.973. The number of carbonyl (C=O) groups is 1. The lowest BCUT2D eigenvalue weighted by Gasteiger charge is -2.71. The lowest BCUT2D eigenvalue weighted by atomic mass is 9.33. The predicted molar refractivity (Wildman–Crippen MR) is 255 cm³/mol. The van der Waals surface area contributed by atoms with E-state index in [2.05, 4.69) is 54.5 Å². The third-order valence-corrected chi connectivity index (χ3v) is 21.0. The van der Waals surface area contributed by atoms with Crippen LogP contribution in [0.4, 0.5) is 0 Å². The number of hydrogen-bond donors (Lipinski definition) is 12. The van der Waals surface area contributed by atoms with Crippen LogP contribution in [0.5, 0.6) is 0 Å². The van der Waals surface area contributed by atoms with Gasteiger partial charge in [0.2, 0.25) is 6.29 Å². The summed E-state index contributed by atoms with van der Waals surface area (Å²) in [6.45, 7) is 15.9. The predicted octanol–water partition coefficient (Wildman–Crippen LogP) is -0.369. The fourth-order valence-electron chi connectivity index (χ4n) is 16.2. The summed E-state index contributed by atoms with van der Waals surface area (Å²) in [4.78, 5) is 14.8. The zero-order valence-corrected chi connectivity index (χ0v) is 44.1. The molecule has 9 aliphatic rings. The lowest BCUT2D eigenvalue weighted by Crippen LogP contribution is -2.67. The van der Waals surface area contributed by atoms with Crippen molar-refractivity contribution in [1.29, 1.82) is 0 Å². The average Bonchev–Trinajstić information content (AvgIpc) is 3.35. The summed E-state index contributed by atoms with van der Waals surface area (Å²) < 4.78 is 49.0. The summed E-state index contributed by atoms with van der Waals surface area (Å²) in [5.74, 6) is -0.306. The molecule has 0 radical (unpaired) electrons. The first-order chi connectivity index (χ1) is 34.6. The first-order valence-electron chi connectivity index (χ1n) is 27.1. The van der Waals surface area contributed by atoms with Crippen molar-refractivity contribution < 1.29 is 104 Å². The van der Waals surface area contributed by atoms with Crippen molar-refractivity contribution in [2.45, 2.75) is 242 Å². The van der Waals surface area contributed by atoms with E-state index >= 15 is 0 Å². The number of aliphatic hydroxyl groups excluding tert-OH is 12. The molecule has 4 saturated carbocycles. The Kier molecular flexibility index (Phi) is 15.8. The molecule has 74 heavy (non-hydrogen) atoms. The highest BCUT2D eigenvalue weighted by atomic mass is 16.8. The van der Waals surface area contributed by atoms with Gasteiger partial charge in [-0.05, 0) is 116 Å². The van der Waals surface area contributed by atoms with E-state index in [4.69, 9.17) is 37.9 Å². The summed E-state index contributed by atoms with van der Waals surface area (Å²) in [5.41, 5.74) is -0.904. The van der Waals surface area contributed by atoms with Crippen LogP contribution in [0, 0.1) is 50.2 Å². The van der Waals surface area contributed by atoms with Crippen molar-refractivity contribution in [3.05, 3.63) is 11.6 Å². The molecule has 8 fully saturated rings. The molecule has 0 aromatic heterocycles. The van der Waals surface area contributed by atoms with Crippen LogP contribution in [-0.4, -0.2) is 210 Å². The Hall–Kier alpha value is -1.55. The second-order valence-electron chi connectivity index (χ2n) is 25.8. The fraction of sp³-hybridized carbons (Fsp3) is 0.943. The molecule has 9 rings (SSSR count). The van der Waals surface area contributed by atoms with Crippen molar-refractivity contribution in [3.63, 3.8) is 0 Å². The van der Waals surface area contributed by atoms with Crippen LogP contribution in [-0.2, 0) is 42.7 Å². The van der Waals surface area contributed by atoms with E-state index in [-0.39, 0.29) is 46.0 Å². The number of allylic oxidation sites excluding steroid dienone is 2. The van der Waals surface area contributed by atoms with E-state index in [1.54, 1.807) is 0 Å². The molecule has 12 N–H and O–H groups in total. The molecule has 21 heteroatoms. The zero-order valence-electron chi connectivity index (χ0n) is 44.1. The maximum atomic E-state index is 14.8. The van der Waals surface area contributed by atoms with E-state index < -0.39 is 153 Å². The molecule has 21 nitrogen and oxygen atoms in total. The molecule has 424 valence electrons. The van der Waals surface area contributed by atoms with Gasteiger partial charge in [0.15, 0.2) is 18.9 Å². The van der Waals surface area contributed by atoms with Crippen LogP contribution in [0.2, 0.25) is 0 Å². The Morgan fingerprint density at radius 1 is 0.608 bits per heavy atom. The van der Waals surface area contributed by atoms with Gasteiger partial charge in [-0.1, -0.05) is 60.1 Å². The normalized spacial score (nSPS) is 54.1. The topological polar surface area (TPSA) is 334 Å². The Morgan fingerprint density at radius 2 is 1.18 bits per heavy atom. The smallest absolute Gasteiger partial charge is 0.315 e. The van der Waals surface area contributed by atoms with Gasteiger partial charge in [0, 0.05) is 0 Å². The standard InChI is InChI=1S/C53H86O21/c1-23-32(57)35(60)38(63)43(68-23)73-42-41(72-44-39(64)36(61)33(58)27(20-54)69-44)26(56)22-67-46(42)71-31-12-13-50(6)29(49(31,4)5)11-14-52(8)30(50)10-9-24-25-19-48(2,3)15-17-53(25,18-16-51(24,52)7)47(66)74-45-40(65)37(62)34(59)28(21-55)70-45/h9,23,25-46,54-65H,10-22H2,1-8H3/t23-,25?,26-,27+,28+,29?,30?,31?,32+,33+,34+,35+,36-,37-,38+,39+,40+,41-,42+,43-,44-,45-,46-,50-,51+,52+,53-/m0/s1. The summed E-state index contributed by atoms with van der Waals surface area (Å²) in [7, 11) is 0. The number of rotatable bonds is 10. The van der Waals surface area contributed by atoms with Crippen molar-refractivity contribution >= 4 is 5.97 Å². The number of hydrogen-bond acceptors (Lipinski definition) is 21. The molecule has 4 aliphatic heterocycles. The quantitative estimate of drug-likeness (QED) is 0.0755. The second kappa shape index (κ2) is 20.5. The number of esters is 1. The molecule has 0 aromatic carbocycles. The van der Waals surface area contributed by atoms with Crippen molar-refractivity contribution in [2.75, 3.05) is 19.8 Å². The molecular formula is C53H86O21. The fourth-order valence-corrected chi connectivity index (χ4v) is 16.2. The lowest BCUT2D eigenvalue weighted by molar-refractivity contribution is -0.388. The van der Waals surface area contributed by atoms with Crippen molar-refractivity contribution in [2.24, 2.45) is 50.2 Å². The van der Waals surface area contributed by atoms with Gasteiger partial charge >= 0.3 is 5.97 Å². The number of ether oxygens (including phenoxy) is 8. The van der Waals surface area contributed by atoms with Gasteiger partial charge in [-0.3, -0.25) is 4.79 Å². The number of aliphatic hydroxyl groups is 12. The largest absolute Gasteiger partial charge is 0.432 e. The monoisotopic (exact) mass is 1060 g/mol. The molecule has 27 atom stereocenters. The highest BCUT2D eigenvalue weighted by molar-refractivity contribution is 5.79. The zero-order chi connectivity index (χ0) is 54.0. The van der Waals surface area contributed by atoms with E-state index in [1.807, 2.05) is 0 Å².